The van der Waals surface area contributed by atoms with E-state index in [1.54, 1.807) is 0 Å². The summed E-state index contributed by atoms with van der Waals surface area (Å²) in [5, 5.41) is 0. The summed E-state index contributed by atoms with van der Waals surface area (Å²) in [6, 6.07) is 0. The second-order valence-corrected chi connectivity index (χ2v) is 19.7. The van der Waals surface area contributed by atoms with Gasteiger partial charge in [-0.15, -0.1) is 0 Å². The molecule has 2 bridgehead atoms. The molecule has 10 atom stereocenters. The highest BCUT2D eigenvalue weighted by molar-refractivity contribution is 5.70. The lowest BCUT2D eigenvalue weighted by atomic mass is 9.31. The normalized spacial score (nSPS) is 47.0. The number of fused-ring (bicyclic) bond motifs is 5. The summed E-state index contributed by atoms with van der Waals surface area (Å²) in [7, 11) is 8.51. The average molecular weight is 680 g/mol. The summed E-state index contributed by atoms with van der Waals surface area (Å²) in [5.74, 6) is 2.90. The van der Waals surface area contributed by atoms with Crippen molar-refractivity contribution in [3.05, 3.63) is 0 Å². The second-order valence-electron chi connectivity index (χ2n) is 19.7. The van der Waals surface area contributed by atoms with E-state index in [2.05, 4.69) is 81.6 Å². The van der Waals surface area contributed by atoms with E-state index in [9.17, 15) is 4.79 Å². The molecule has 6 heteroatoms. The molecule has 1 heterocycles. The molecule has 0 aromatic heterocycles. The first-order valence-corrected chi connectivity index (χ1v) is 18.1. The van der Waals surface area contributed by atoms with Gasteiger partial charge in [0.15, 0.2) is 6.54 Å². The highest BCUT2D eigenvalue weighted by Gasteiger charge is 2.73. The van der Waals surface area contributed by atoms with Gasteiger partial charge in [0.2, 0.25) is 0 Å². The zero-order valence-corrected chi connectivity index (χ0v) is 31.9. The molecule has 0 N–H and O–H groups in total. The number of hydrogen-bond acceptors (Lipinski definition) is 4. The molecular formula is C38H67BrN2O3. The molecule has 4 unspecified atom stereocenters. The van der Waals surface area contributed by atoms with Crippen molar-refractivity contribution in [3.63, 3.8) is 0 Å². The molecular weight excluding hydrogens is 612 g/mol. The van der Waals surface area contributed by atoms with Crippen molar-refractivity contribution in [2.75, 3.05) is 54.4 Å². The van der Waals surface area contributed by atoms with Crippen molar-refractivity contribution >= 4 is 5.97 Å². The number of nitrogens with zero attached hydrogens (tertiary/aromatic N) is 2. The molecule has 0 spiro atoms. The van der Waals surface area contributed by atoms with Crippen LogP contribution in [-0.2, 0) is 14.3 Å². The number of rotatable bonds is 6. The molecule has 1 aliphatic heterocycles. The van der Waals surface area contributed by atoms with E-state index in [1.807, 2.05) is 0 Å². The standard InChI is InChI=1S/C38H67N2O3.BrH/c1-33(2)18-20-38-21-19-36(6)26(31(38)32(33)42-25-38)12-13-28-35(5)16-15-29(34(3,4)27(35)14-17-37(28,36)7)43-30(41)24-40(10,11)23-22-39(8)9;/h26-29,31-32H,12-25H2,1-11H3;1H/q+1;/p-1/t26?,27?,28?,29-,31?,32+,35-,36+,37+,38+;/m0./s1. The lowest BCUT2D eigenvalue weighted by Gasteiger charge is -2.73. The monoisotopic (exact) mass is 678 g/mol. The van der Waals surface area contributed by atoms with Gasteiger partial charge in [0.1, 0.15) is 6.10 Å². The van der Waals surface area contributed by atoms with Crippen LogP contribution < -0.4 is 17.0 Å². The molecule has 0 aromatic rings. The Balaban J connectivity index is 0.00000384. The van der Waals surface area contributed by atoms with E-state index < -0.39 is 0 Å². The van der Waals surface area contributed by atoms with Crippen LogP contribution in [0.1, 0.15) is 113 Å². The first-order valence-electron chi connectivity index (χ1n) is 18.1. The van der Waals surface area contributed by atoms with Gasteiger partial charge in [-0.05, 0) is 129 Å². The first kappa shape index (κ1) is 35.1. The Morgan fingerprint density at radius 3 is 2.20 bits per heavy atom. The third kappa shape index (κ3) is 5.11. The van der Waals surface area contributed by atoms with Crippen molar-refractivity contribution < 1.29 is 35.7 Å². The average Bonchev–Trinajstić information content (AvgIpc) is 3.23. The molecule has 0 amide bonds. The van der Waals surface area contributed by atoms with Gasteiger partial charge in [-0.1, -0.05) is 48.5 Å². The number of carbonyl (C=O) groups excluding carboxylic acids is 1. The van der Waals surface area contributed by atoms with Gasteiger partial charge in [-0.25, -0.2) is 4.79 Å². The molecule has 6 rings (SSSR count). The number of carbonyl (C=O) groups is 1. The Morgan fingerprint density at radius 2 is 1.52 bits per heavy atom. The van der Waals surface area contributed by atoms with E-state index in [-0.39, 0.29) is 34.5 Å². The maximum atomic E-state index is 13.3. The molecule has 5 saturated carbocycles. The van der Waals surface area contributed by atoms with Crippen LogP contribution in [0.5, 0.6) is 0 Å². The largest absolute Gasteiger partial charge is 1.00 e. The molecule has 6 fully saturated rings. The van der Waals surface area contributed by atoms with E-state index in [1.165, 1.54) is 57.8 Å². The summed E-state index contributed by atoms with van der Waals surface area (Å²) in [6.07, 6.45) is 13.6. The first-order chi connectivity index (χ1) is 19.8. The molecule has 5 nitrogen and oxygen atoms in total. The van der Waals surface area contributed by atoms with Crippen LogP contribution in [-0.4, -0.2) is 82.0 Å². The second kappa shape index (κ2) is 11.2. The zero-order valence-electron chi connectivity index (χ0n) is 30.4. The Hall–Kier alpha value is -0.170. The fourth-order valence-electron chi connectivity index (χ4n) is 13.3. The van der Waals surface area contributed by atoms with Crippen LogP contribution >= 0.6 is 0 Å². The fourth-order valence-corrected chi connectivity index (χ4v) is 13.3. The Kier molecular flexibility index (Phi) is 8.94. The number of quaternary nitrogens is 1. The number of likely N-dealkylation sites (N-methyl/N-ethyl adjacent to an activating group) is 2. The molecule has 0 aromatic carbocycles. The van der Waals surface area contributed by atoms with Crippen LogP contribution in [0.15, 0.2) is 0 Å². The maximum absolute atomic E-state index is 13.3. The number of hydrogen-bond donors (Lipinski definition) is 0. The van der Waals surface area contributed by atoms with Gasteiger partial charge in [-0.3, -0.25) is 0 Å². The van der Waals surface area contributed by atoms with Gasteiger partial charge in [0.25, 0.3) is 0 Å². The SMILES string of the molecule is CN(C)CC[N+](C)(C)CC(=O)O[C@H]1CC[C@@]2(C)C(CC[C@]3(C)C2CCC2C4[C@H]5OC[C@@]4(CCC5(C)C)CC[C@]23C)C1(C)C.[Br-]. The summed E-state index contributed by atoms with van der Waals surface area (Å²) >= 11 is 0. The minimum atomic E-state index is -0.0116. The van der Waals surface area contributed by atoms with Gasteiger partial charge in [0, 0.05) is 12.0 Å². The molecule has 6 aliphatic rings. The molecule has 254 valence electrons. The maximum Gasteiger partial charge on any atom is 0.362 e. The van der Waals surface area contributed by atoms with Crippen molar-refractivity contribution in [1.82, 2.24) is 4.90 Å². The van der Waals surface area contributed by atoms with E-state index in [0.717, 1.165) is 43.9 Å². The molecule has 5 aliphatic carbocycles. The third-order valence-corrected chi connectivity index (χ3v) is 16.1. The highest BCUT2D eigenvalue weighted by atomic mass is 79.9. The van der Waals surface area contributed by atoms with Crippen LogP contribution in [0.25, 0.3) is 0 Å². The van der Waals surface area contributed by atoms with Crippen LogP contribution in [0, 0.1) is 56.2 Å². The lowest BCUT2D eigenvalue weighted by Crippen LogP contribution is -3.00. The summed E-state index contributed by atoms with van der Waals surface area (Å²) in [4.78, 5) is 15.5. The van der Waals surface area contributed by atoms with Gasteiger partial charge < -0.3 is 35.8 Å². The molecule has 44 heavy (non-hydrogen) atoms. The minimum absolute atomic E-state index is 0. The summed E-state index contributed by atoms with van der Waals surface area (Å²) in [6.45, 7) is 21.4. The molecule has 1 saturated heterocycles. The zero-order chi connectivity index (χ0) is 31.4. The van der Waals surface area contributed by atoms with Crippen molar-refractivity contribution in [2.45, 2.75) is 125 Å². The van der Waals surface area contributed by atoms with Gasteiger partial charge in [0.05, 0.1) is 33.4 Å². The van der Waals surface area contributed by atoms with E-state index in [0.29, 0.717) is 50.1 Å². The van der Waals surface area contributed by atoms with Crippen LogP contribution in [0.3, 0.4) is 0 Å². The van der Waals surface area contributed by atoms with Crippen molar-refractivity contribution in [1.29, 1.82) is 0 Å². The van der Waals surface area contributed by atoms with Crippen LogP contribution in [0.4, 0.5) is 0 Å². The van der Waals surface area contributed by atoms with E-state index in [4.69, 9.17) is 9.47 Å². The summed E-state index contributed by atoms with van der Waals surface area (Å²) in [5.41, 5.74) is 1.84. The minimum Gasteiger partial charge on any atom is -1.00 e. The fraction of sp³-hybridized carbons (Fsp3) is 0.974. The Morgan fingerprint density at radius 1 is 0.841 bits per heavy atom. The Bertz CT molecular complexity index is 1110. The van der Waals surface area contributed by atoms with Crippen molar-refractivity contribution in [3.8, 4) is 0 Å². The Labute approximate surface area is 281 Å². The number of esters is 1. The van der Waals surface area contributed by atoms with Gasteiger partial charge >= 0.3 is 5.97 Å². The smallest absolute Gasteiger partial charge is 0.362 e. The van der Waals surface area contributed by atoms with Crippen molar-refractivity contribution in [2.24, 2.45) is 56.2 Å². The summed E-state index contributed by atoms with van der Waals surface area (Å²) < 4.78 is 13.9. The van der Waals surface area contributed by atoms with Crippen LogP contribution in [0.2, 0.25) is 0 Å². The number of ether oxygens (including phenoxy) is 2. The van der Waals surface area contributed by atoms with Gasteiger partial charge in [-0.2, -0.15) is 0 Å². The third-order valence-electron chi connectivity index (χ3n) is 16.1. The quantitative estimate of drug-likeness (QED) is 0.308. The van der Waals surface area contributed by atoms with E-state index >= 15 is 0 Å². The molecule has 0 radical (unpaired) electrons. The topological polar surface area (TPSA) is 38.8 Å². The predicted octanol–water partition coefficient (Wildman–Crippen LogP) is 4.43. The highest BCUT2D eigenvalue weighted by Crippen LogP contribution is 2.78. The number of halogens is 1. The lowest BCUT2D eigenvalue weighted by molar-refractivity contribution is -0.882. The predicted molar refractivity (Wildman–Crippen MR) is 174 cm³/mol.